The maximum atomic E-state index is 12.9. The number of benzene rings is 1. The zero-order chi connectivity index (χ0) is 29.7. The van der Waals surface area contributed by atoms with Gasteiger partial charge in [-0.1, -0.05) is 38.9 Å². The molecule has 0 bridgehead atoms. The van der Waals surface area contributed by atoms with Crippen LogP contribution in [0.2, 0.25) is 0 Å². The van der Waals surface area contributed by atoms with Gasteiger partial charge in [-0.15, -0.1) is 11.3 Å². The maximum Gasteiger partial charge on any atom is 0.446 e. The fourth-order valence-electron chi connectivity index (χ4n) is 7.88. The summed E-state index contributed by atoms with van der Waals surface area (Å²) in [7, 11) is -3.04. The van der Waals surface area contributed by atoms with Crippen molar-refractivity contribution in [3.63, 3.8) is 0 Å². The third kappa shape index (κ3) is 6.03. The monoisotopic (exact) mass is 603 g/mol. The summed E-state index contributed by atoms with van der Waals surface area (Å²) < 4.78 is 37.8. The average molecular weight is 604 g/mol. The largest absolute Gasteiger partial charge is 0.446 e. The normalized spacial score (nSPS) is 28.5. The summed E-state index contributed by atoms with van der Waals surface area (Å²) in [6, 6.07) is 3.94. The van der Waals surface area contributed by atoms with Crippen LogP contribution < -0.4 is 9.50 Å². The summed E-state index contributed by atoms with van der Waals surface area (Å²) in [6.07, 6.45) is 7.49. The van der Waals surface area contributed by atoms with Crippen LogP contribution in [0.5, 0.6) is 5.75 Å². The predicted molar refractivity (Wildman–Crippen MR) is 160 cm³/mol. The molecule has 2 aromatic rings. The Morgan fingerprint density at radius 1 is 1.29 bits per heavy atom. The van der Waals surface area contributed by atoms with Gasteiger partial charge in [-0.2, -0.15) is 8.42 Å². The van der Waals surface area contributed by atoms with Gasteiger partial charge < -0.3 is 14.3 Å². The summed E-state index contributed by atoms with van der Waals surface area (Å²) in [5, 5.41) is 8.11. The summed E-state index contributed by atoms with van der Waals surface area (Å²) >= 11 is 1.48. The van der Waals surface area contributed by atoms with Gasteiger partial charge in [0.25, 0.3) is 0 Å². The highest BCUT2D eigenvalue weighted by atomic mass is 32.3. The Morgan fingerprint density at radius 3 is 2.68 bits per heavy atom. The second-order valence-corrected chi connectivity index (χ2v) is 15.4. The van der Waals surface area contributed by atoms with Crippen LogP contribution >= 0.6 is 11.3 Å². The second-order valence-electron chi connectivity index (χ2n) is 13.1. The first-order chi connectivity index (χ1) is 19.2. The molecular weight excluding hydrogens is 562 g/mol. The molecule has 5 rings (SSSR count). The molecule has 3 aliphatic rings. The lowest BCUT2D eigenvalue weighted by Crippen LogP contribution is -2.44. The van der Waals surface area contributed by atoms with Crippen molar-refractivity contribution < 1.29 is 26.8 Å². The topological polar surface area (TPSA) is 127 Å². The average Bonchev–Trinajstić information content (AvgIpc) is 3.40. The molecule has 0 aliphatic heterocycles. The van der Waals surface area contributed by atoms with Crippen LogP contribution in [0, 0.1) is 30.1 Å². The van der Waals surface area contributed by atoms with Crippen LogP contribution in [-0.4, -0.2) is 36.7 Å². The van der Waals surface area contributed by atoms with E-state index in [2.05, 4.69) is 28.4 Å². The number of carbonyl (C=O) groups is 1. The van der Waals surface area contributed by atoms with Gasteiger partial charge in [0.05, 0.1) is 5.71 Å². The highest BCUT2D eigenvalue weighted by Crippen LogP contribution is 2.63. The molecule has 224 valence electrons. The van der Waals surface area contributed by atoms with Crippen LogP contribution in [0.4, 0.5) is 5.13 Å². The van der Waals surface area contributed by atoms with Crippen molar-refractivity contribution >= 4 is 38.5 Å². The number of hydrogen-bond donors (Lipinski definition) is 2. The molecule has 41 heavy (non-hydrogen) atoms. The summed E-state index contributed by atoms with van der Waals surface area (Å²) in [5.41, 5.74) is 3.72. The van der Waals surface area contributed by atoms with E-state index in [0.717, 1.165) is 60.2 Å². The fraction of sp³-hybridized carbons (Fsp3) is 0.633. The number of oxime groups is 1. The number of aromatic nitrogens is 1. The van der Waals surface area contributed by atoms with Crippen LogP contribution in [0.1, 0.15) is 93.7 Å². The van der Waals surface area contributed by atoms with Crippen LogP contribution in [0.3, 0.4) is 0 Å². The number of anilines is 1. The van der Waals surface area contributed by atoms with E-state index in [-0.39, 0.29) is 22.5 Å². The van der Waals surface area contributed by atoms with Gasteiger partial charge in [0, 0.05) is 28.5 Å². The quantitative estimate of drug-likeness (QED) is 0.276. The van der Waals surface area contributed by atoms with Crippen molar-refractivity contribution in [2.24, 2.45) is 28.3 Å². The highest BCUT2D eigenvalue weighted by molar-refractivity contribution is 7.81. The minimum atomic E-state index is -4.64. The van der Waals surface area contributed by atoms with Gasteiger partial charge in [-0.3, -0.25) is 9.35 Å². The molecule has 2 N–H and O–H groups in total. The number of amides is 1. The van der Waals surface area contributed by atoms with Crippen molar-refractivity contribution in [1.29, 1.82) is 0 Å². The third-order valence-corrected chi connectivity index (χ3v) is 10.7. The van der Waals surface area contributed by atoms with E-state index in [9.17, 15) is 17.8 Å². The molecule has 0 spiro atoms. The lowest BCUT2D eigenvalue weighted by atomic mass is 9.53. The number of rotatable bonds is 7. The standard InChI is InChI=1S/C30H41N3O6S2/c1-17-16-31-28(40-17)32-26(34)10-8-19-14-25(33-38-6)30(5)12-11-20-21(27(19)30)9-7-18-13-24(39-41(35,36)37)23(15-22(18)20)29(2,3)4/h13,15-16,19-21,27H,7-12,14H2,1-6H3,(H,31,32,34)(H,35,36,37)/t19-,20?,21?,27?,30-/m1/s1. The summed E-state index contributed by atoms with van der Waals surface area (Å²) in [4.78, 5) is 23.5. The summed E-state index contributed by atoms with van der Waals surface area (Å²) in [6.45, 7) is 10.3. The maximum absolute atomic E-state index is 12.9. The smallest absolute Gasteiger partial charge is 0.399 e. The first-order valence-corrected chi connectivity index (χ1v) is 16.5. The van der Waals surface area contributed by atoms with E-state index in [1.54, 1.807) is 13.3 Å². The first-order valence-electron chi connectivity index (χ1n) is 14.4. The molecular formula is C30H41N3O6S2. The van der Waals surface area contributed by atoms with E-state index in [1.807, 2.05) is 33.8 Å². The van der Waals surface area contributed by atoms with Gasteiger partial charge in [-0.05, 0) is 91.7 Å². The van der Waals surface area contributed by atoms with Gasteiger partial charge in [0.1, 0.15) is 12.9 Å². The van der Waals surface area contributed by atoms with Gasteiger partial charge in [0.15, 0.2) is 5.13 Å². The molecule has 3 unspecified atom stereocenters. The van der Waals surface area contributed by atoms with Crippen molar-refractivity contribution in [2.75, 3.05) is 12.4 Å². The molecule has 0 radical (unpaired) electrons. The van der Waals surface area contributed by atoms with Crippen molar-refractivity contribution in [2.45, 2.75) is 90.9 Å². The molecule has 1 amide bonds. The number of thiazole rings is 1. The van der Waals surface area contributed by atoms with Crippen molar-refractivity contribution in [3.8, 4) is 5.75 Å². The van der Waals surface area contributed by atoms with Crippen molar-refractivity contribution in [3.05, 3.63) is 39.9 Å². The number of fused-ring (bicyclic) bond motifs is 5. The third-order valence-electron chi connectivity index (χ3n) is 9.51. The minimum Gasteiger partial charge on any atom is -0.399 e. The van der Waals surface area contributed by atoms with Gasteiger partial charge in [0.2, 0.25) is 5.91 Å². The Kier molecular flexibility index (Phi) is 8.02. The van der Waals surface area contributed by atoms with E-state index in [1.165, 1.54) is 16.9 Å². The van der Waals surface area contributed by atoms with Crippen LogP contribution in [0.25, 0.3) is 0 Å². The Morgan fingerprint density at radius 2 is 2.05 bits per heavy atom. The second kappa shape index (κ2) is 11.0. The first kappa shape index (κ1) is 30.0. The lowest BCUT2D eigenvalue weighted by molar-refractivity contribution is -0.116. The Labute approximate surface area is 247 Å². The van der Waals surface area contributed by atoms with Gasteiger partial charge in [-0.25, -0.2) is 4.98 Å². The molecule has 0 saturated heterocycles. The molecule has 11 heteroatoms. The molecule has 9 nitrogen and oxygen atoms in total. The summed E-state index contributed by atoms with van der Waals surface area (Å²) in [5.74, 6) is 1.56. The molecule has 1 aromatic heterocycles. The lowest BCUT2D eigenvalue weighted by Gasteiger charge is -2.50. The Balaban J connectivity index is 1.45. The number of nitrogens with zero attached hydrogens (tertiary/aromatic N) is 2. The Hall–Kier alpha value is -2.50. The zero-order valence-corrected chi connectivity index (χ0v) is 26.3. The zero-order valence-electron chi connectivity index (χ0n) is 24.7. The SMILES string of the molecule is CON=C1C[C@@H](CCC(=O)Nc2ncc(C)s2)C2C3CCc4cc(OS(=O)(=O)O)c(C(C)(C)C)cc4C3CC[C@]12C. The molecule has 5 atom stereocenters. The van der Waals surface area contributed by atoms with Crippen LogP contribution in [-0.2, 0) is 31.9 Å². The van der Waals surface area contributed by atoms with E-state index in [0.29, 0.717) is 35.2 Å². The van der Waals surface area contributed by atoms with Crippen LogP contribution in [0.15, 0.2) is 23.5 Å². The molecule has 2 saturated carbocycles. The van der Waals surface area contributed by atoms with Crippen molar-refractivity contribution in [1.82, 2.24) is 4.98 Å². The number of aryl methyl sites for hydroxylation is 2. The molecule has 1 heterocycles. The fourth-order valence-corrected chi connectivity index (χ4v) is 8.92. The molecule has 2 fully saturated rings. The predicted octanol–water partition coefficient (Wildman–Crippen LogP) is 6.43. The highest BCUT2D eigenvalue weighted by Gasteiger charge is 2.57. The number of carbonyl (C=O) groups excluding carboxylic acids is 1. The Bertz CT molecular complexity index is 1460. The molecule has 1 aromatic carbocycles. The van der Waals surface area contributed by atoms with E-state index < -0.39 is 10.4 Å². The van der Waals surface area contributed by atoms with E-state index in [4.69, 9.17) is 9.02 Å². The number of hydrogen-bond acceptors (Lipinski definition) is 8. The van der Waals surface area contributed by atoms with E-state index >= 15 is 0 Å². The molecule has 3 aliphatic carbocycles. The number of nitrogens with one attached hydrogen (secondary N) is 1. The van der Waals surface area contributed by atoms with Gasteiger partial charge >= 0.3 is 10.4 Å². The minimum absolute atomic E-state index is 0.0132.